The van der Waals surface area contributed by atoms with E-state index in [4.69, 9.17) is 11.6 Å². The Kier molecular flexibility index (Phi) is 3.17. The molecule has 2 aromatic carbocycles. The zero-order chi connectivity index (χ0) is 15.8. The van der Waals surface area contributed by atoms with Crippen molar-refractivity contribution < 1.29 is 0 Å². The number of nitrogens with zero attached hydrogens (tertiary/aromatic N) is 4. The normalized spacial score (nSPS) is 11.0. The molecular formula is C16H10ClN5O. The van der Waals surface area contributed by atoms with Gasteiger partial charge in [-0.1, -0.05) is 23.7 Å². The molecule has 0 unspecified atom stereocenters. The molecule has 112 valence electrons. The van der Waals surface area contributed by atoms with Crippen LogP contribution >= 0.6 is 11.6 Å². The molecule has 0 atom stereocenters. The summed E-state index contributed by atoms with van der Waals surface area (Å²) in [7, 11) is 0. The molecule has 0 aliphatic rings. The van der Waals surface area contributed by atoms with Crippen molar-refractivity contribution in [3.8, 4) is 17.1 Å². The van der Waals surface area contributed by atoms with Crippen LogP contribution in [0.4, 0.5) is 0 Å². The first-order valence-electron chi connectivity index (χ1n) is 6.89. The first-order chi connectivity index (χ1) is 11.2. The van der Waals surface area contributed by atoms with Crippen molar-refractivity contribution in [2.24, 2.45) is 0 Å². The second kappa shape index (κ2) is 5.33. The Labute approximate surface area is 135 Å². The lowest BCUT2D eigenvalue weighted by Gasteiger charge is -2.05. The summed E-state index contributed by atoms with van der Waals surface area (Å²) in [5.74, 6) is 0.374. The van der Waals surface area contributed by atoms with Gasteiger partial charge in [0.05, 0.1) is 11.3 Å². The maximum Gasteiger partial charge on any atom is 0.200 e. The summed E-state index contributed by atoms with van der Waals surface area (Å²) in [5.41, 5.74) is 1.78. The SMILES string of the molecule is O=c1c(-c2nnnn2-c2ccc(Cl)cc2)c[nH]c2ccccc12. The van der Waals surface area contributed by atoms with E-state index in [2.05, 4.69) is 20.5 Å². The fourth-order valence-electron chi connectivity index (χ4n) is 2.44. The van der Waals surface area contributed by atoms with Crippen LogP contribution in [0.15, 0.2) is 59.5 Å². The van der Waals surface area contributed by atoms with Gasteiger partial charge in [-0.15, -0.1) is 5.10 Å². The average molecular weight is 324 g/mol. The molecule has 7 heteroatoms. The van der Waals surface area contributed by atoms with E-state index in [0.29, 0.717) is 21.8 Å². The van der Waals surface area contributed by atoms with Gasteiger partial charge in [0.1, 0.15) is 0 Å². The van der Waals surface area contributed by atoms with Gasteiger partial charge in [-0.05, 0) is 46.8 Å². The fourth-order valence-corrected chi connectivity index (χ4v) is 2.57. The Hall–Kier alpha value is -2.99. The lowest BCUT2D eigenvalue weighted by atomic mass is 10.1. The molecule has 0 spiro atoms. The highest BCUT2D eigenvalue weighted by atomic mass is 35.5. The van der Waals surface area contributed by atoms with E-state index in [1.54, 1.807) is 36.5 Å². The molecule has 2 heterocycles. The summed E-state index contributed by atoms with van der Waals surface area (Å²) < 4.78 is 1.51. The molecule has 0 aliphatic carbocycles. The maximum atomic E-state index is 12.7. The summed E-state index contributed by atoms with van der Waals surface area (Å²) in [6, 6.07) is 14.4. The molecule has 0 bridgehead atoms. The largest absolute Gasteiger partial charge is 0.360 e. The number of H-pyrrole nitrogens is 1. The summed E-state index contributed by atoms with van der Waals surface area (Å²) >= 11 is 5.90. The topological polar surface area (TPSA) is 76.5 Å². The van der Waals surface area contributed by atoms with Crippen LogP contribution in [0.5, 0.6) is 0 Å². The molecule has 2 aromatic heterocycles. The van der Waals surface area contributed by atoms with Crippen molar-refractivity contribution in [3.05, 3.63) is 70.0 Å². The zero-order valence-corrected chi connectivity index (χ0v) is 12.5. The van der Waals surface area contributed by atoms with Crippen molar-refractivity contribution in [2.45, 2.75) is 0 Å². The number of pyridine rings is 1. The third kappa shape index (κ3) is 2.29. The van der Waals surface area contributed by atoms with Gasteiger partial charge in [0, 0.05) is 22.1 Å². The van der Waals surface area contributed by atoms with Gasteiger partial charge in [0.15, 0.2) is 11.3 Å². The van der Waals surface area contributed by atoms with Gasteiger partial charge in [-0.3, -0.25) is 4.79 Å². The third-order valence-electron chi connectivity index (χ3n) is 3.57. The maximum absolute atomic E-state index is 12.7. The minimum absolute atomic E-state index is 0.121. The highest BCUT2D eigenvalue weighted by molar-refractivity contribution is 6.30. The molecule has 0 fully saturated rings. The number of para-hydroxylation sites is 1. The van der Waals surface area contributed by atoms with Gasteiger partial charge < -0.3 is 4.98 Å². The molecule has 1 N–H and O–H groups in total. The summed E-state index contributed by atoms with van der Waals surface area (Å²) in [5, 5.41) is 12.9. The molecule has 0 saturated heterocycles. The number of rotatable bonds is 2. The Morgan fingerprint density at radius 2 is 1.83 bits per heavy atom. The molecule has 0 amide bonds. The first-order valence-corrected chi connectivity index (χ1v) is 7.27. The van der Waals surface area contributed by atoms with Crippen LogP contribution in [0.2, 0.25) is 5.02 Å². The van der Waals surface area contributed by atoms with Crippen molar-refractivity contribution in [3.63, 3.8) is 0 Å². The predicted octanol–water partition coefficient (Wildman–Crippen LogP) is 2.82. The standard InChI is InChI=1S/C16H10ClN5O/c17-10-5-7-11(8-6-10)22-16(19-20-21-22)13-9-18-14-4-2-1-3-12(14)15(13)23/h1-9H,(H,18,23). The predicted molar refractivity (Wildman–Crippen MR) is 87.7 cm³/mol. The van der Waals surface area contributed by atoms with Crippen molar-refractivity contribution in [1.82, 2.24) is 25.2 Å². The Morgan fingerprint density at radius 3 is 2.65 bits per heavy atom. The van der Waals surface area contributed by atoms with Crippen LogP contribution in [-0.2, 0) is 0 Å². The van der Waals surface area contributed by atoms with E-state index in [-0.39, 0.29) is 5.43 Å². The minimum atomic E-state index is -0.121. The van der Waals surface area contributed by atoms with Crippen LogP contribution in [-0.4, -0.2) is 25.2 Å². The van der Waals surface area contributed by atoms with Gasteiger partial charge in [0.25, 0.3) is 0 Å². The van der Waals surface area contributed by atoms with E-state index >= 15 is 0 Å². The smallest absolute Gasteiger partial charge is 0.200 e. The lowest BCUT2D eigenvalue weighted by Crippen LogP contribution is -2.10. The fraction of sp³-hybridized carbons (Fsp3) is 0. The van der Waals surface area contributed by atoms with E-state index < -0.39 is 0 Å². The second-order valence-electron chi connectivity index (χ2n) is 4.97. The Balaban J connectivity index is 1.93. The minimum Gasteiger partial charge on any atom is -0.360 e. The van der Waals surface area contributed by atoms with Gasteiger partial charge in [-0.25, -0.2) is 0 Å². The van der Waals surface area contributed by atoms with E-state index in [1.807, 2.05) is 18.2 Å². The van der Waals surface area contributed by atoms with E-state index in [0.717, 1.165) is 11.2 Å². The number of aromatic amines is 1. The highest BCUT2D eigenvalue weighted by Gasteiger charge is 2.15. The van der Waals surface area contributed by atoms with Crippen LogP contribution in [0.1, 0.15) is 0 Å². The summed E-state index contributed by atoms with van der Waals surface area (Å²) in [6.07, 6.45) is 1.63. The average Bonchev–Trinajstić information content (AvgIpc) is 3.05. The lowest BCUT2D eigenvalue weighted by molar-refractivity contribution is 0.791. The number of aromatic nitrogens is 5. The highest BCUT2D eigenvalue weighted by Crippen LogP contribution is 2.19. The van der Waals surface area contributed by atoms with Crippen molar-refractivity contribution in [2.75, 3.05) is 0 Å². The Bertz CT molecular complexity index is 1050. The number of nitrogens with one attached hydrogen (secondary N) is 1. The van der Waals surface area contributed by atoms with Crippen LogP contribution in [0.3, 0.4) is 0 Å². The summed E-state index contributed by atoms with van der Waals surface area (Å²) in [6.45, 7) is 0. The van der Waals surface area contributed by atoms with Crippen molar-refractivity contribution >= 4 is 22.5 Å². The van der Waals surface area contributed by atoms with Gasteiger partial charge in [-0.2, -0.15) is 4.68 Å². The van der Waals surface area contributed by atoms with Crippen molar-refractivity contribution in [1.29, 1.82) is 0 Å². The number of halogens is 1. The second-order valence-corrected chi connectivity index (χ2v) is 5.40. The number of hydrogen-bond donors (Lipinski definition) is 1. The number of benzene rings is 2. The summed E-state index contributed by atoms with van der Waals surface area (Å²) in [4.78, 5) is 15.8. The molecular weight excluding hydrogens is 314 g/mol. The Morgan fingerprint density at radius 1 is 1.04 bits per heavy atom. The molecule has 0 radical (unpaired) electrons. The van der Waals surface area contributed by atoms with Crippen LogP contribution < -0.4 is 5.43 Å². The van der Waals surface area contributed by atoms with E-state index in [1.165, 1.54) is 4.68 Å². The number of tetrazole rings is 1. The first kappa shape index (κ1) is 13.7. The van der Waals surface area contributed by atoms with Crippen LogP contribution in [0, 0.1) is 0 Å². The number of hydrogen-bond acceptors (Lipinski definition) is 4. The molecule has 4 rings (SSSR count). The van der Waals surface area contributed by atoms with Gasteiger partial charge in [0.2, 0.25) is 0 Å². The molecule has 0 saturated carbocycles. The number of fused-ring (bicyclic) bond motifs is 1. The van der Waals surface area contributed by atoms with Crippen LogP contribution in [0.25, 0.3) is 28.0 Å². The van der Waals surface area contributed by atoms with E-state index in [9.17, 15) is 4.79 Å². The molecule has 6 nitrogen and oxygen atoms in total. The van der Waals surface area contributed by atoms with Gasteiger partial charge >= 0.3 is 0 Å². The molecule has 0 aliphatic heterocycles. The monoisotopic (exact) mass is 323 g/mol. The molecule has 4 aromatic rings. The molecule has 23 heavy (non-hydrogen) atoms. The quantitative estimate of drug-likeness (QED) is 0.615. The zero-order valence-electron chi connectivity index (χ0n) is 11.8. The third-order valence-corrected chi connectivity index (χ3v) is 3.82.